The highest BCUT2D eigenvalue weighted by molar-refractivity contribution is 5.52. The predicted molar refractivity (Wildman–Crippen MR) is 114 cm³/mol. The van der Waals surface area contributed by atoms with Crippen LogP contribution in [-0.4, -0.2) is 53.2 Å². The maximum atomic E-state index is 14.6. The number of nitrogens with one attached hydrogen (secondary N) is 1. The van der Waals surface area contributed by atoms with E-state index in [1.54, 1.807) is 18.2 Å². The maximum Gasteiger partial charge on any atom is 0.129 e. The first-order valence-corrected chi connectivity index (χ1v) is 10.0. The molecule has 29 heavy (non-hydrogen) atoms. The first kappa shape index (κ1) is 21.4. The van der Waals surface area contributed by atoms with Crippen LogP contribution in [0.2, 0.25) is 0 Å². The molecule has 1 atom stereocenters. The van der Waals surface area contributed by atoms with E-state index in [4.69, 9.17) is 5.73 Å². The minimum absolute atomic E-state index is 0.0350. The van der Waals surface area contributed by atoms with Gasteiger partial charge in [0.1, 0.15) is 23.5 Å². The predicted octanol–water partition coefficient (Wildman–Crippen LogP) is 3.18. The number of nitrogens with zero attached hydrogens (tertiary/aromatic N) is 2. The third kappa shape index (κ3) is 5.18. The molecule has 1 aliphatic heterocycles. The van der Waals surface area contributed by atoms with Crippen molar-refractivity contribution in [2.75, 3.05) is 38.5 Å². The van der Waals surface area contributed by atoms with Crippen LogP contribution < -0.4 is 11.1 Å². The Hall–Kier alpha value is -2.35. The normalized spacial score (nSPS) is 16.9. The van der Waals surface area contributed by atoms with Gasteiger partial charge in [0.15, 0.2) is 0 Å². The van der Waals surface area contributed by atoms with Crippen LogP contribution in [0.25, 0.3) is 0 Å². The zero-order chi connectivity index (χ0) is 21.1. The molecule has 0 aliphatic carbocycles. The Balaban J connectivity index is 1.70. The largest absolute Gasteiger partial charge is 0.508 e. The molecule has 1 fully saturated rings. The van der Waals surface area contributed by atoms with Crippen molar-refractivity contribution in [1.82, 2.24) is 9.80 Å². The van der Waals surface area contributed by atoms with Crippen LogP contribution in [0.15, 0.2) is 30.3 Å². The van der Waals surface area contributed by atoms with Crippen LogP contribution >= 0.6 is 0 Å². The lowest BCUT2D eigenvalue weighted by atomic mass is 9.98. The number of phenols is 2. The summed E-state index contributed by atoms with van der Waals surface area (Å²) in [7, 11) is 2.09. The van der Waals surface area contributed by atoms with E-state index >= 15 is 0 Å². The zero-order valence-electron chi connectivity index (χ0n) is 17.3. The summed E-state index contributed by atoms with van der Waals surface area (Å²) < 4.78 is 14.6. The Morgan fingerprint density at radius 3 is 2.31 bits per heavy atom. The summed E-state index contributed by atoms with van der Waals surface area (Å²) in [6.07, 6.45) is -0.740. The zero-order valence-corrected chi connectivity index (χ0v) is 17.3. The minimum Gasteiger partial charge on any atom is -0.508 e. The molecule has 0 amide bonds. The van der Waals surface area contributed by atoms with E-state index in [-0.39, 0.29) is 23.2 Å². The van der Waals surface area contributed by atoms with Gasteiger partial charge in [0.25, 0.3) is 0 Å². The Morgan fingerprint density at radius 2 is 1.69 bits per heavy atom. The summed E-state index contributed by atoms with van der Waals surface area (Å²) in [5.74, 6) is -0.265. The lowest BCUT2D eigenvalue weighted by Crippen LogP contribution is -2.44. The van der Waals surface area contributed by atoms with Crippen LogP contribution in [-0.2, 0) is 6.54 Å². The molecule has 6 nitrogen and oxygen atoms in total. The number of likely N-dealkylation sites (N-methyl/N-ethyl adjacent to an activating group) is 1. The third-order valence-corrected chi connectivity index (χ3v) is 5.50. The van der Waals surface area contributed by atoms with Crippen LogP contribution in [0, 0.1) is 5.82 Å². The van der Waals surface area contributed by atoms with Gasteiger partial charge < -0.3 is 26.2 Å². The van der Waals surface area contributed by atoms with Crippen molar-refractivity contribution in [3.63, 3.8) is 0 Å². The first-order chi connectivity index (χ1) is 13.7. The van der Waals surface area contributed by atoms with Crippen molar-refractivity contribution in [1.29, 1.82) is 0 Å². The number of piperazine rings is 1. The molecule has 1 saturated heterocycles. The number of hydrogen-bond donors (Lipinski definition) is 4. The third-order valence-electron chi connectivity index (χ3n) is 5.50. The van der Waals surface area contributed by atoms with Crippen molar-refractivity contribution >= 4 is 5.69 Å². The van der Waals surface area contributed by atoms with Gasteiger partial charge in [0.2, 0.25) is 0 Å². The van der Waals surface area contributed by atoms with E-state index in [0.717, 1.165) is 26.2 Å². The van der Waals surface area contributed by atoms with Crippen molar-refractivity contribution in [2.24, 2.45) is 5.73 Å². The number of hydrogen-bond acceptors (Lipinski definition) is 6. The molecule has 1 aliphatic rings. The molecule has 2 aromatic rings. The van der Waals surface area contributed by atoms with Crippen LogP contribution in [0.4, 0.5) is 10.1 Å². The van der Waals surface area contributed by atoms with Crippen LogP contribution in [0.5, 0.6) is 11.5 Å². The topological polar surface area (TPSA) is 85.0 Å². The van der Waals surface area contributed by atoms with Gasteiger partial charge in [-0.05, 0) is 36.7 Å². The van der Waals surface area contributed by atoms with Crippen LogP contribution in [0.1, 0.15) is 42.6 Å². The maximum absolute atomic E-state index is 14.6. The Labute approximate surface area is 171 Å². The van der Waals surface area contributed by atoms with Gasteiger partial charge in [-0.3, -0.25) is 4.90 Å². The van der Waals surface area contributed by atoms with Gasteiger partial charge in [-0.15, -0.1) is 0 Å². The molecule has 1 heterocycles. The molecule has 2 aromatic carbocycles. The average molecular weight is 403 g/mol. The number of nitrogens with two attached hydrogens (primary N) is 1. The molecule has 0 bridgehead atoms. The summed E-state index contributed by atoms with van der Waals surface area (Å²) in [6, 6.07) is 8.00. The first-order valence-electron chi connectivity index (χ1n) is 10.0. The van der Waals surface area contributed by atoms with E-state index in [0.29, 0.717) is 28.9 Å². The molecular formula is C22H31FN4O2. The minimum atomic E-state index is -0.740. The fraction of sp³-hybridized carbons (Fsp3) is 0.455. The van der Waals surface area contributed by atoms with Crippen molar-refractivity contribution in [2.45, 2.75) is 32.5 Å². The number of aromatic hydroxyl groups is 2. The number of anilines is 1. The summed E-state index contributed by atoms with van der Waals surface area (Å²) >= 11 is 0. The van der Waals surface area contributed by atoms with Gasteiger partial charge in [0, 0.05) is 55.6 Å². The summed E-state index contributed by atoms with van der Waals surface area (Å²) in [6.45, 7) is 8.32. The van der Waals surface area contributed by atoms with Crippen molar-refractivity contribution in [3.05, 3.63) is 52.8 Å². The number of rotatable bonds is 6. The highest BCUT2D eigenvalue weighted by atomic mass is 19.1. The van der Waals surface area contributed by atoms with E-state index in [2.05, 4.69) is 22.2 Å². The molecule has 1 unspecified atom stereocenters. The smallest absolute Gasteiger partial charge is 0.129 e. The highest BCUT2D eigenvalue weighted by Gasteiger charge is 2.18. The standard InChI is InChI=1S/C22H31FN4O2/c1-14(2)17-11-18(21(29)12-20(17)28)22(24)25-16-5-4-15(19(23)10-16)13-27-8-6-26(3)7-9-27/h4-5,10-12,14,22,25,28-29H,6-9,13,24H2,1-3H3. The lowest BCUT2D eigenvalue weighted by molar-refractivity contribution is 0.147. The van der Waals surface area contributed by atoms with E-state index in [1.807, 2.05) is 13.8 Å². The number of halogens is 1. The fourth-order valence-electron chi connectivity index (χ4n) is 3.59. The number of phenolic OH excluding ortho intramolecular Hbond substituents is 2. The second kappa shape index (κ2) is 8.98. The molecule has 0 saturated carbocycles. The van der Waals surface area contributed by atoms with Gasteiger partial charge >= 0.3 is 0 Å². The second-order valence-corrected chi connectivity index (χ2v) is 8.13. The van der Waals surface area contributed by atoms with E-state index in [9.17, 15) is 14.6 Å². The molecular weight excluding hydrogens is 371 g/mol. The Morgan fingerprint density at radius 1 is 1.03 bits per heavy atom. The fourth-order valence-corrected chi connectivity index (χ4v) is 3.59. The monoisotopic (exact) mass is 402 g/mol. The highest BCUT2D eigenvalue weighted by Crippen LogP contribution is 2.35. The van der Waals surface area contributed by atoms with Gasteiger partial charge in [0.05, 0.1) is 0 Å². The lowest BCUT2D eigenvalue weighted by Gasteiger charge is -2.32. The second-order valence-electron chi connectivity index (χ2n) is 8.13. The molecule has 0 aromatic heterocycles. The van der Waals surface area contributed by atoms with Gasteiger partial charge in [-0.2, -0.15) is 0 Å². The van der Waals surface area contributed by atoms with E-state index in [1.165, 1.54) is 12.1 Å². The SMILES string of the molecule is CC(C)c1cc(C(N)Nc2ccc(CN3CCN(C)CC3)c(F)c2)c(O)cc1O. The quantitative estimate of drug-likeness (QED) is 0.556. The summed E-state index contributed by atoms with van der Waals surface area (Å²) in [5.41, 5.74) is 8.55. The molecule has 5 N–H and O–H groups in total. The molecule has 3 rings (SSSR count). The van der Waals surface area contributed by atoms with Crippen molar-refractivity contribution in [3.8, 4) is 11.5 Å². The molecule has 0 radical (unpaired) electrons. The Bertz CT molecular complexity index is 851. The van der Waals surface area contributed by atoms with Gasteiger partial charge in [-0.25, -0.2) is 4.39 Å². The van der Waals surface area contributed by atoms with Crippen molar-refractivity contribution < 1.29 is 14.6 Å². The molecule has 158 valence electrons. The summed E-state index contributed by atoms with van der Waals surface area (Å²) in [4.78, 5) is 4.52. The number of benzene rings is 2. The summed E-state index contributed by atoms with van der Waals surface area (Å²) in [5, 5.41) is 23.2. The van der Waals surface area contributed by atoms with Crippen LogP contribution in [0.3, 0.4) is 0 Å². The molecule has 7 heteroatoms. The van der Waals surface area contributed by atoms with E-state index < -0.39 is 6.17 Å². The Kier molecular flexibility index (Phi) is 6.62. The molecule has 0 spiro atoms. The van der Waals surface area contributed by atoms with Gasteiger partial charge in [-0.1, -0.05) is 19.9 Å². The average Bonchev–Trinajstić information content (AvgIpc) is 2.65.